The Morgan fingerprint density at radius 2 is 1.68 bits per heavy atom. The van der Waals surface area contributed by atoms with Crippen LogP contribution in [0.15, 0.2) is 59.7 Å². The number of hydrogen-bond donors (Lipinski definition) is 0. The van der Waals surface area contributed by atoms with Gasteiger partial charge >= 0.3 is 5.97 Å². The molecule has 1 saturated heterocycles. The van der Waals surface area contributed by atoms with Gasteiger partial charge in [-0.3, -0.25) is 0 Å². The van der Waals surface area contributed by atoms with Crippen LogP contribution < -0.4 is 0 Å². The molecule has 0 aromatic heterocycles. The van der Waals surface area contributed by atoms with Gasteiger partial charge in [-0.15, -0.1) is 0 Å². The maximum absolute atomic E-state index is 13.5. The van der Waals surface area contributed by atoms with Crippen molar-refractivity contribution in [2.75, 3.05) is 13.7 Å². The SMILES string of the molecule is COC(=O)/C(C)=C(/C)[C@H]1[C@@H](Cc2ccc(C(C)(C)C)cc2)CO[C@@H]1c1ccc(F)cc1. The van der Waals surface area contributed by atoms with E-state index in [2.05, 4.69) is 45.0 Å². The normalized spacial score (nSPS) is 22.2. The van der Waals surface area contributed by atoms with Crippen molar-refractivity contribution >= 4 is 5.97 Å². The molecule has 0 spiro atoms. The molecule has 3 rings (SSSR count). The third-order valence-corrected chi connectivity index (χ3v) is 6.42. The van der Waals surface area contributed by atoms with Gasteiger partial charge in [-0.25, -0.2) is 9.18 Å². The zero-order valence-corrected chi connectivity index (χ0v) is 19.4. The number of ether oxygens (including phenoxy) is 2. The molecule has 0 amide bonds. The largest absolute Gasteiger partial charge is 0.466 e. The van der Waals surface area contributed by atoms with Crippen LogP contribution in [0.2, 0.25) is 0 Å². The Bertz CT molecular complexity index is 936. The lowest BCUT2D eigenvalue weighted by Crippen LogP contribution is -2.21. The van der Waals surface area contributed by atoms with Crippen LogP contribution in [0.4, 0.5) is 4.39 Å². The van der Waals surface area contributed by atoms with E-state index in [0.717, 1.165) is 17.6 Å². The first kappa shape index (κ1) is 23.2. The quantitative estimate of drug-likeness (QED) is 0.425. The molecule has 0 aliphatic carbocycles. The average molecular weight is 425 g/mol. The molecule has 1 aliphatic rings. The van der Waals surface area contributed by atoms with Crippen molar-refractivity contribution in [3.63, 3.8) is 0 Å². The summed E-state index contributed by atoms with van der Waals surface area (Å²) in [5, 5.41) is 0. The molecule has 1 fully saturated rings. The summed E-state index contributed by atoms with van der Waals surface area (Å²) >= 11 is 0. The maximum atomic E-state index is 13.5. The lowest BCUT2D eigenvalue weighted by atomic mass is 9.77. The van der Waals surface area contributed by atoms with Gasteiger partial charge in [0.05, 0.1) is 19.8 Å². The maximum Gasteiger partial charge on any atom is 0.333 e. The number of halogens is 1. The minimum atomic E-state index is -0.324. The number of carbonyl (C=O) groups is 1. The summed E-state index contributed by atoms with van der Waals surface area (Å²) in [6.45, 7) is 11.0. The fraction of sp³-hybridized carbons (Fsp3) is 0.444. The number of methoxy groups -OCH3 is 1. The number of rotatable bonds is 5. The van der Waals surface area contributed by atoms with Gasteiger partial charge in [0.2, 0.25) is 0 Å². The second kappa shape index (κ2) is 9.35. The van der Waals surface area contributed by atoms with E-state index < -0.39 is 0 Å². The Morgan fingerprint density at radius 3 is 2.23 bits per heavy atom. The fourth-order valence-corrected chi connectivity index (χ4v) is 4.41. The smallest absolute Gasteiger partial charge is 0.333 e. The number of esters is 1. The summed E-state index contributed by atoms with van der Waals surface area (Å²) < 4.78 is 24.7. The molecule has 3 nitrogen and oxygen atoms in total. The van der Waals surface area contributed by atoms with Crippen LogP contribution in [-0.4, -0.2) is 19.7 Å². The van der Waals surface area contributed by atoms with Gasteiger partial charge in [-0.05, 0) is 60.4 Å². The molecule has 4 heteroatoms. The van der Waals surface area contributed by atoms with E-state index in [9.17, 15) is 9.18 Å². The Balaban J connectivity index is 1.93. The minimum Gasteiger partial charge on any atom is -0.466 e. The van der Waals surface area contributed by atoms with Crippen molar-refractivity contribution in [2.45, 2.75) is 52.6 Å². The van der Waals surface area contributed by atoms with Crippen LogP contribution in [0.1, 0.15) is 57.4 Å². The lowest BCUT2D eigenvalue weighted by molar-refractivity contribution is -0.136. The van der Waals surface area contributed by atoms with Crippen molar-refractivity contribution in [2.24, 2.45) is 11.8 Å². The van der Waals surface area contributed by atoms with Crippen LogP contribution in [0.3, 0.4) is 0 Å². The van der Waals surface area contributed by atoms with Gasteiger partial charge in [0.15, 0.2) is 0 Å². The van der Waals surface area contributed by atoms with E-state index in [1.54, 1.807) is 19.1 Å². The van der Waals surface area contributed by atoms with Gasteiger partial charge in [0.1, 0.15) is 5.82 Å². The van der Waals surface area contributed by atoms with Crippen molar-refractivity contribution in [1.29, 1.82) is 0 Å². The van der Waals surface area contributed by atoms with Crippen molar-refractivity contribution < 1.29 is 18.7 Å². The summed E-state index contributed by atoms with van der Waals surface area (Å²) in [7, 11) is 1.40. The molecule has 1 aliphatic heterocycles. The Morgan fingerprint density at radius 1 is 1.06 bits per heavy atom. The molecule has 0 radical (unpaired) electrons. The van der Waals surface area contributed by atoms with E-state index >= 15 is 0 Å². The topological polar surface area (TPSA) is 35.5 Å². The van der Waals surface area contributed by atoms with Crippen molar-refractivity contribution in [3.05, 3.63) is 82.2 Å². The molecular weight excluding hydrogens is 391 g/mol. The summed E-state index contributed by atoms with van der Waals surface area (Å²) in [6.07, 6.45) is 0.623. The van der Waals surface area contributed by atoms with Crippen molar-refractivity contribution in [1.82, 2.24) is 0 Å². The molecule has 3 atom stereocenters. The highest BCUT2D eigenvalue weighted by Crippen LogP contribution is 2.45. The van der Waals surface area contributed by atoms with Crippen LogP contribution >= 0.6 is 0 Å². The molecular formula is C27H33FO3. The van der Waals surface area contributed by atoms with Crippen molar-refractivity contribution in [3.8, 4) is 0 Å². The average Bonchev–Trinajstić information content (AvgIpc) is 3.15. The Labute approximate surface area is 185 Å². The molecule has 0 saturated carbocycles. The first-order valence-electron chi connectivity index (χ1n) is 10.8. The minimum absolute atomic E-state index is 0.00635. The van der Waals surface area contributed by atoms with E-state index in [1.165, 1.54) is 30.4 Å². The standard InChI is InChI=1S/C27H33FO3/c1-17(18(2)26(29)30-6)24-21(15-19-7-11-22(12-8-19)27(3,4)5)16-31-25(24)20-9-13-23(28)14-10-20/h7-14,21,24-25H,15-16H2,1-6H3/b18-17-/t21-,24-,25+/m0/s1. The first-order valence-corrected chi connectivity index (χ1v) is 10.8. The molecule has 2 aromatic rings. The monoisotopic (exact) mass is 424 g/mol. The molecule has 0 N–H and O–H groups in total. The summed E-state index contributed by atoms with van der Waals surface area (Å²) in [4.78, 5) is 12.2. The highest BCUT2D eigenvalue weighted by atomic mass is 19.1. The second-order valence-electron chi connectivity index (χ2n) is 9.54. The number of carbonyl (C=O) groups excluding carboxylic acids is 1. The van der Waals surface area contributed by atoms with Gasteiger partial charge in [0, 0.05) is 11.5 Å². The van der Waals surface area contributed by atoms with Gasteiger partial charge in [-0.2, -0.15) is 0 Å². The van der Waals surface area contributed by atoms with E-state index in [-0.39, 0.29) is 35.1 Å². The second-order valence-corrected chi connectivity index (χ2v) is 9.54. The molecule has 166 valence electrons. The third kappa shape index (κ3) is 5.24. The molecule has 31 heavy (non-hydrogen) atoms. The van der Waals surface area contributed by atoms with E-state index in [1.807, 2.05) is 6.92 Å². The van der Waals surface area contributed by atoms with Crippen LogP contribution in [-0.2, 0) is 26.1 Å². The summed E-state index contributed by atoms with van der Waals surface area (Å²) in [5.41, 5.74) is 5.16. The first-order chi connectivity index (χ1) is 14.6. The highest BCUT2D eigenvalue weighted by molar-refractivity contribution is 5.88. The Kier molecular flexibility index (Phi) is 7.00. The highest BCUT2D eigenvalue weighted by Gasteiger charge is 2.40. The fourth-order valence-electron chi connectivity index (χ4n) is 4.41. The van der Waals surface area contributed by atoms with Gasteiger partial charge < -0.3 is 9.47 Å². The van der Waals surface area contributed by atoms with E-state index in [0.29, 0.717) is 12.2 Å². The molecule has 0 unspecified atom stereocenters. The van der Waals surface area contributed by atoms with Gasteiger partial charge in [-0.1, -0.05) is 62.7 Å². The van der Waals surface area contributed by atoms with Crippen LogP contribution in [0.25, 0.3) is 0 Å². The number of benzene rings is 2. The summed E-state index contributed by atoms with van der Waals surface area (Å²) in [5.74, 6) is -0.385. The van der Waals surface area contributed by atoms with Gasteiger partial charge in [0.25, 0.3) is 0 Å². The Hall–Kier alpha value is -2.46. The van der Waals surface area contributed by atoms with E-state index in [4.69, 9.17) is 9.47 Å². The number of hydrogen-bond acceptors (Lipinski definition) is 3. The zero-order chi connectivity index (χ0) is 22.8. The van der Waals surface area contributed by atoms with Crippen LogP contribution in [0.5, 0.6) is 0 Å². The predicted molar refractivity (Wildman–Crippen MR) is 121 cm³/mol. The molecule has 2 aromatic carbocycles. The van der Waals surface area contributed by atoms with Crippen LogP contribution in [0, 0.1) is 17.7 Å². The third-order valence-electron chi connectivity index (χ3n) is 6.42. The lowest BCUT2D eigenvalue weighted by Gasteiger charge is -2.26. The molecule has 0 bridgehead atoms. The predicted octanol–water partition coefficient (Wildman–Crippen LogP) is 6.18. The molecule has 1 heterocycles. The summed E-state index contributed by atoms with van der Waals surface area (Å²) in [6, 6.07) is 15.2. The zero-order valence-electron chi connectivity index (χ0n) is 19.4.